The molecule has 21 heavy (non-hydrogen) atoms. The number of rotatable bonds is 4. The summed E-state index contributed by atoms with van der Waals surface area (Å²) in [5.41, 5.74) is 5.28. The maximum atomic E-state index is 13.5. The zero-order chi connectivity index (χ0) is 15.4. The third-order valence-corrected chi connectivity index (χ3v) is 3.90. The monoisotopic (exact) mass is 313 g/mol. The first-order chi connectivity index (χ1) is 10.0. The van der Waals surface area contributed by atoms with Crippen molar-refractivity contribution >= 4 is 23.4 Å². The van der Waals surface area contributed by atoms with Crippen molar-refractivity contribution in [3.8, 4) is 0 Å². The van der Waals surface area contributed by atoms with E-state index in [9.17, 15) is 14.0 Å². The van der Waals surface area contributed by atoms with Gasteiger partial charge < -0.3 is 16.0 Å². The van der Waals surface area contributed by atoms with Gasteiger partial charge in [0.25, 0.3) is 5.91 Å². The van der Waals surface area contributed by atoms with Crippen LogP contribution in [-0.4, -0.2) is 42.4 Å². The van der Waals surface area contributed by atoms with Gasteiger partial charge in [0.05, 0.1) is 17.1 Å². The van der Waals surface area contributed by atoms with Gasteiger partial charge in [-0.15, -0.1) is 0 Å². The average molecular weight is 314 g/mol. The predicted molar refractivity (Wildman–Crippen MR) is 77.5 cm³/mol. The molecule has 2 amide bonds. The summed E-state index contributed by atoms with van der Waals surface area (Å²) < 4.78 is 13.5. The van der Waals surface area contributed by atoms with E-state index in [1.54, 1.807) is 0 Å². The van der Waals surface area contributed by atoms with Gasteiger partial charge >= 0.3 is 0 Å². The van der Waals surface area contributed by atoms with Crippen molar-refractivity contribution in [1.29, 1.82) is 0 Å². The molecule has 2 rings (SSSR count). The van der Waals surface area contributed by atoms with E-state index >= 15 is 0 Å². The second-order valence-corrected chi connectivity index (χ2v) is 5.36. The number of carbonyl (C=O) groups is 2. The zero-order valence-corrected chi connectivity index (χ0v) is 12.2. The lowest BCUT2D eigenvalue weighted by atomic mass is 10.0. The molecular weight excluding hydrogens is 297 g/mol. The highest BCUT2D eigenvalue weighted by Gasteiger charge is 2.29. The van der Waals surface area contributed by atoms with Crippen LogP contribution in [0, 0.1) is 5.82 Å². The molecule has 0 aliphatic carbocycles. The minimum Gasteiger partial charge on any atom is -0.368 e. The van der Waals surface area contributed by atoms with Gasteiger partial charge in [-0.25, -0.2) is 4.39 Å². The minimum atomic E-state index is -0.660. The zero-order valence-electron chi connectivity index (χ0n) is 11.4. The van der Waals surface area contributed by atoms with Gasteiger partial charge in [-0.3, -0.25) is 9.59 Å². The largest absolute Gasteiger partial charge is 0.368 e. The maximum absolute atomic E-state index is 13.5. The van der Waals surface area contributed by atoms with Crippen molar-refractivity contribution in [1.82, 2.24) is 10.2 Å². The molecule has 0 radical (unpaired) electrons. The van der Waals surface area contributed by atoms with E-state index in [1.807, 2.05) is 0 Å². The number of hydrogen-bond donors (Lipinski definition) is 2. The number of primary amides is 1. The van der Waals surface area contributed by atoms with Crippen LogP contribution in [0.1, 0.15) is 23.2 Å². The number of nitrogens with zero attached hydrogens (tertiary/aromatic N) is 1. The summed E-state index contributed by atoms with van der Waals surface area (Å²) in [4.78, 5) is 25.2. The first-order valence-electron chi connectivity index (χ1n) is 6.74. The molecule has 0 aromatic heterocycles. The molecule has 1 saturated heterocycles. The maximum Gasteiger partial charge on any atom is 0.256 e. The minimum absolute atomic E-state index is 0.0523. The molecule has 0 saturated carbocycles. The fraction of sp³-hybridized carbons (Fsp3) is 0.429. The number of nitrogens with one attached hydrogen (secondary N) is 1. The van der Waals surface area contributed by atoms with Crippen LogP contribution in [0.4, 0.5) is 4.39 Å². The Morgan fingerprint density at radius 1 is 1.38 bits per heavy atom. The lowest BCUT2D eigenvalue weighted by Crippen LogP contribution is -2.49. The Hall–Kier alpha value is -1.66. The Bertz CT molecular complexity index is 547. The fourth-order valence-corrected chi connectivity index (χ4v) is 2.68. The second-order valence-electron chi connectivity index (χ2n) is 4.98. The van der Waals surface area contributed by atoms with Crippen LogP contribution in [0.25, 0.3) is 0 Å². The molecule has 1 aromatic carbocycles. The van der Waals surface area contributed by atoms with E-state index in [1.165, 1.54) is 23.1 Å². The first-order valence-corrected chi connectivity index (χ1v) is 7.12. The Labute approximate surface area is 127 Å². The van der Waals surface area contributed by atoms with E-state index in [0.717, 1.165) is 13.1 Å². The van der Waals surface area contributed by atoms with Crippen LogP contribution in [0.15, 0.2) is 18.2 Å². The lowest BCUT2D eigenvalue weighted by Gasteiger charge is -2.34. The normalized spacial score (nSPS) is 15.7. The van der Waals surface area contributed by atoms with Crippen molar-refractivity contribution in [2.75, 3.05) is 19.6 Å². The average Bonchev–Trinajstić information content (AvgIpc) is 2.48. The number of amides is 2. The number of benzene rings is 1. The molecule has 1 heterocycles. The van der Waals surface area contributed by atoms with Crippen LogP contribution in [0.2, 0.25) is 5.02 Å². The van der Waals surface area contributed by atoms with Crippen LogP contribution in [-0.2, 0) is 4.79 Å². The quantitative estimate of drug-likeness (QED) is 0.876. The van der Waals surface area contributed by atoms with E-state index < -0.39 is 17.6 Å². The highest BCUT2D eigenvalue weighted by molar-refractivity contribution is 6.34. The summed E-state index contributed by atoms with van der Waals surface area (Å²) in [6.07, 6.45) is 1.43. The van der Waals surface area contributed by atoms with Gasteiger partial charge in [0, 0.05) is 6.04 Å². The third kappa shape index (κ3) is 3.71. The van der Waals surface area contributed by atoms with Gasteiger partial charge in [0.2, 0.25) is 5.91 Å². The summed E-state index contributed by atoms with van der Waals surface area (Å²) in [7, 11) is 0. The topological polar surface area (TPSA) is 75.4 Å². The number of halogens is 2. The summed E-state index contributed by atoms with van der Waals surface area (Å²) in [5.74, 6) is -1.73. The second kappa shape index (κ2) is 6.87. The molecule has 5 nitrogen and oxygen atoms in total. The molecule has 1 aliphatic rings. The van der Waals surface area contributed by atoms with E-state index in [-0.39, 0.29) is 23.2 Å². The summed E-state index contributed by atoms with van der Waals surface area (Å²) in [6.45, 7) is 1.31. The van der Waals surface area contributed by atoms with Gasteiger partial charge in [-0.1, -0.05) is 17.7 Å². The smallest absolute Gasteiger partial charge is 0.256 e. The van der Waals surface area contributed by atoms with Crippen molar-refractivity contribution in [2.24, 2.45) is 5.73 Å². The molecular formula is C14H17ClFN3O2. The molecule has 7 heteroatoms. The standard InChI is InChI=1S/C14H17ClFN3O2/c15-13-10(2-1-3-11(13)16)14(21)19(8-12(17)20)9-4-6-18-7-5-9/h1-3,9,18H,4-8H2,(H2,17,20). The molecule has 1 aromatic rings. The molecule has 0 atom stereocenters. The Balaban J connectivity index is 2.28. The van der Waals surface area contributed by atoms with Gasteiger partial charge in [0.15, 0.2) is 0 Å². The Morgan fingerprint density at radius 3 is 2.67 bits per heavy atom. The van der Waals surface area contributed by atoms with Gasteiger partial charge in [-0.2, -0.15) is 0 Å². The molecule has 0 bridgehead atoms. The Kier molecular flexibility index (Phi) is 5.14. The number of hydrogen-bond acceptors (Lipinski definition) is 3. The number of nitrogens with two attached hydrogens (primary N) is 1. The molecule has 1 fully saturated rings. The summed E-state index contributed by atoms with van der Waals surface area (Å²) in [6, 6.07) is 3.94. The summed E-state index contributed by atoms with van der Waals surface area (Å²) >= 11 is 5.86. The highest BCUT2D eigenvalue weighted by atomic mass is 35.5. The van der Waals surface area contributed by atoms with Crippen molar-refractivity contribution in [3.63, 3.8) is 0 Å². The molecule has 114 valence electrons. The first kappa shape index (κ1) is 15.7. The van der Waals surface area contributed by atoms with Crippen LogP contribution >= 0.6 is 11.6 Å². The van der Waals surface area contributed by atoms with Crippen molar-refractivity contribution < 1.29 is 14.0 Å². The van der Waals surface area contributed by atoms with Gasteiger partial charge in [-0.05, 0) is 38.1 Å². The predicted octanol–water partition coefficient (Wildman–Crippen LogP) is 1.16. The number of piperidine rings is 1. The van der Waals surface area contributed by atoms with E-state index in [2.05, 4.69) is 5.32 Å². The van der Waals surface area contributed by atoms with Crippen LogP contribution in [0.3, 0.4) is 0 Å². The molecule has 3 N–H and O–H groups in total. The molecule has 0 unspecified atom stereocenters. The van der Waals surface area contributed by atoms with E-state index in [0.29, 0.717) is 12.8 Å². The third-order valence-electron chi connectivity index (χ3n) is 3.52. The Morgan fingerprint density at radius 2 is 2.05 bits per heavy atom. The lowest BCUT2D eigenvalue weighted by molar-refractivity contribution is -0.119. The van der Waals surface area contributed by atoms with Crippen molar-refractivity contribution in [3.05, 3.63) is 34.6 Å². The van der Waals surface area contributed by atoms with Crippen molar-refractivity contribution in [2.45, 2.75) is 18.9 Å². The highest BCUT2D eigenvalue weighted by Crippen LogP contribution is 2.23. The van der Waals surface area contributed by atoms with E-state index in [4.69, 9.17) is 17.3 Å². The van der Waals surface area contributed by atoms with Crippen LogP contribution in [0.5, 0.6) is 0 Å². The summed E-state index contributed by atoms with van der Waals surface area (Å²) in [5, 5.41) is 2.95. The van der Waals surface area contributed by atoms with Gasteiger partial charge in [0.1, 0.15) is 5.82 Å². The number of carbonyl (C=O) groups excluding carboxylic acids is 2. The molecule has 0 spiro atoms. The van der Waals surface area contributed by atoms with Crippen LogP contribution < -0.4 is 11.1 Å². The fourth-order valence-electron chi connectivity index (χ4n) is 2.48. The molecule has 1 aliphatic heterocycles. The SMILES string of the molecule is NC(=O)CN(C(=O)c1cccc(F)c1Cl)C1CCNCC1.